The number of methoxy groups -OCH3 is 1. The number of ether oxygens (including phenoxy) is 2. The summed E-state index contributed by atoms with van der Waals surface area (Å²) in [4.78, 5) is 11.3. The zero-order valence-electron chi connectivity index (χ0n) is 15.1. The second-order valence-corrected chi connectivity index (χ2v) is 6.73. The molecule has 0 radical (unpaired) electrons. The lowest BCUT2D eigenvalue weighted by Gasteiger charge is -2.23. The summed E-state index contributed by atoms with van der Waals surface area (Å²) in [6.07, 6.45) is 3.92. The first kappa shape index (κ1) is 17.8. The van der Waals surface area contributed by atoms with E-state index in [0.717, 1.165) is 25.1 Å². The number of pyridine rings is 1. The summed E-state index contributed by atoms with van der Waals surface area (Å²) in [5.41, 5.74) is 0.839. The monoisotopic (exact) mass is 346 g/mol. The van der Waals surface area contributed by atoms with Gasteiger partial charge in [0.2, 0.25) is 17.6 Å². The molecular formula is C18H26N4O3. The second-order valence-electron chi connectivity index (χ2n) is 6.73. The number of hydrogen-bond donors (Lipinski definition) is 0. The van der Waals surface area contributed by atoms with Gasteiger partial charge in [-0.05, 0) is 31.4 Å². The van der Waals surface area contributed by atoms with Gasteiger partial charge >= 0.3 is 0 Å². The Morgan fingerprint density at radius 2 is 2.24 bits per heavy atom. The molecule has 1 atom stereocenters. The third kappa shape index (κ3) is 4.55. The fraction of sp³-hybridized carbons (Fsp3) is 0.611. The summed E-state index contributed by atoms with van der Waals surface area (Å²) < 4.78 is 16.1. The molecule has 3 heterocycles. The molecule has 2 aromatic heterocycles. The van der Waals surface area contributed by atoms with Gasteiger partial charge in [0.05, 0.1) is 12.6 Å². The Hall–Kier alpha value is -1.99. The Morgan fingerprint density at radius 1 is 1.36 bits per heavy atom. The SMILES string of the molecule is COCCOc1cc(-c2noc(C3CCCN3CC(C)C)n2)ccn1. The first-order chi connectivity index (χ1) is 12.2. The Kier molecular flexibility index (Phi) is 5.99. The number of rotatable bonds is 8. The molecule has 0 saturated carbocycles. The molecule has 0 spiro atoms. The predicted octanol–water partition coefficient (Wildman–Crippen LogP) is 2.95. The van der Waals surface area contributed by atoms with Crippen molar-refractivity contribution in [1.82, 2.24) is 20.0 Å². The molecule has 0 N–H and O–H groups in total. The molecule has 25 heavy (non-hydrogen) atoms. The van der Waals surface area contributed by atoms with Gasteiger partial charge in [-0.2, -0.15) is 4.98 Å². The van der Waals surface area contributed by atoms with E-state index in [9.17, 15) is 0 Å². The minimum absolute atomic E-state index is 0.225. The minimum atomic E-state index is 0.225. The van der Waals surface area contributed by atoms with E-state index in [2.05, 4.69) is 33.9 Å². The Balaban J connectivity index is 1.72. The van der Waals surface area contributed by atoms with Crippen LogP contribution in [-0.2, 0) is 4.74 Å². The summed E-state index contributed by atoms with van der Waals surface area (Å²) in [7, 11) is 1.64. The molecule has 0 aliphatic carbocycles. The summed E-state index contributed by atoms with van der Waals surface area (Å²) >= 11 is 0. The number of hydrogen-bond acceptors (Lipinski definition) is 7. The third-order valence-electron chi connectivity index (χ3n) is 4.22. The van der Waals surface area contributed by atoms with E-state index >= 15 is 0 Å². The van der Waals surface area contributed by atoms with Crippen LogP contribution in [0.15, 0.2) is 22.9 Å². The van der Waals surface area contributed by atoms with Gasteiger partial charge in [-0.3, -0.25) is 4.90 Å². The van der Waals surface area contributed by atoms with Gasteiger partial charge in [0.25, 0.3) is 0 Å². The van der Waals surface area contributed by atoms with Crippen molar-refractivity contribution in [3.63, 3.8) is 0 Å². The fourth-order valence-electron chi connectivity index (χ4n) is 3.14. The van der Waals surface area contributed by atoms with Crippen molar-refractivity contribution in [2.24, 2.45) is 5.92 Å². The highest BCUT2D eigenvalue weighted by atomic mass is 16.5. The Morgan fingerprint density at radius 3 is 3.04 bits per heavy atom. The van der Waals surface area contributed by atoms with Crippen LogP contribution in [-0.4, -0.2) is 53.4 Å². The third-order valence-corrected chi connectivity index (χ3v) is 4.22. The predicted molar refractivity (Wildman–Crippen MR) is 93.3 cm³/mol. The van der Waals surface area contributed by atoms with Crippen molar-refractivity contribution >= 4 is 0 Å². The van der Waals surface area contributed by atoms with E-state index in [-0.39, 0.29) is 6.04 Å². The van der Waals surface area contributed by atoms with E-state index in [4.69, 9.17) is 14.0 Å². The number of nitrogens with zero attached hydrogens (tertiary/aromatic N) is 4. The fourth-order valence-corrected chi connectivity index (χ4v) is 3.14. The first-order valence-electron chi connectivity index (χ1n) is 8.83. The standard InChI is InChI=1S/C18H26N4O3/c1-13(2)12-22-8-4-5-15(22)18-20-17(21-25-18)14-6-7-19-16(11-14)24-10-9-23-3/h6-7,11,13,15H,4-5,8-10,12H2,1-3H3. The molecule has 1 saturated heterocycles. The molecule has 0 bridgehead atoms. The summed E-state index contributed by atoms with van der Waals surface area (Å²) in [6.45, 7) is 7.58. The zero-order valence-corrected chi connectivity index (χ0v) is 15.1. The van der Waals surface area contributed by atoms with Gasteiger partial charge in [-0.1, -0.05) is 19.0 Å². The molecule has 2 aromatic rings. The lowest BCUT2D eigenvalue weighted by molar-refractivity contribution is 0.144. The zero-order chi connectivity index (χ0) is 17.6. The smallest absolute Gasteiger partial charge is 0.244 e. The van der Waals surface area contributed by atoms with Gasteiger partial charge in [0.15, 0.2) is 0 Å². The quantitative estimate of drug-likeness (QED) is 0.680. The van der Waals surface area contributed by atoms with E-state index in [1.807, 2.05) is 12.1 Å². The van der Waals surface area contributed by atoms with Crippen LogP contribution in [0.4, 0.5) is 0 Å². The second kappa shape index (κ2) is 8.40. The van der Waals surface area contributed by atoms with Crippen LogP contribution in [0.3, 0.4) is 0 Å². The average molecular weight is 346 g/mol. The van der Waals surface area contributed by atoms with Crippen molar-refractivity contribution in [1.29, 1.82) is 0 Å². The molecule has 3 rings (SSSR count). The number of likely N-dealkylation sites (tertiary alicyclic amines) is 1. The first-order valence-corrected chi connectivity index (χ1v) is 8.83. The van der Waals surface area contributed by atoms with Crippen molar-refractivity contribution < 1.29 is 14.0 Å². The van der Waals surface area contributed by atoms with Crippen molar-refractivity contribution in [3.05, 3.63) is 24.2 Å². The molecular weight excluding hydrogens is 320 g/mol. The van der Waals surface area contributed by atoms with Crippen LogP contribution in [0.5, 0.6) is 5.88 Å². The molecule has 1 fully saturated rings. The summed E-state index contributed by atoms with van der Waals surface area (Å²) in [5, 5.41) is 4.16. The summed E-state index contributed by atoms with van der Waals surface area (Å²) in [6, 6.07) is 3.91. The van der Waals surface area contributed by atoms with Gasteiger partial charge in [-0.25, -0.2) is 4.98 Å². The van der Waals surface area contributed by atoms with Gasteiger partial charge in [0, 0.05) is 31.5 Å². The highest BCUT2D eigenvalue weighted by Gasteiger charge is 2.31. The van der Waals surface area contributed by atoms with Crippen LogP contribution in [0.2, 0.25) is 0 Å². The van der Waals surface area contributed by atoms with Crippen LogP contribution in [0, 0.1) is 5.92 Å². The molecule has 7 nitrogen and oxygen atoms in total. The molecule has 1 aliphatic rings. The summed E-state index contributed by atoms with van der Waals surface area (Å²) in [5.74, 6) is 2.43. The van der Waals surface area contributed by atoms with Crippen LogP contribution < -0.4 is 4.74 Å². The molecule has 1 unspecified atom stereocenters. The highest BCUT2D eigenvalue weighted by Crippen LogP contribution is 2.32. The van der Waals surface area contributed by atoms with E-state index < -0.39 is 0 Å². The van der Waals surface area contributed by atoms with E-state index in [0.29, 0.717) is 36.7 Å². The molecule has 0 amide bonds. The molecule has 0 aromatic carbocycles. The maximum absolute atomic E-state index is 5.57. The van der Waals surface area contributed by atoms with Gasteiger partial charge < -0.3 is 14.0 Å². The molecule has 7 heteroatoms. The van der Waals surface area contributed by atoms with Crippen molar-refractivity contribution in [2.75, 3.05) is 33.4 Å². The van der Waals surface area contributed by atoms with Gasteiger partial charge in [0.1, 0.15) is 6.61 Å². The highest BCUT2D eigenvalue weighted by molar-refractivity contribution is 5.55. The maximum Gasteiger partial charge on any atom is 0.244 e. The number of aromatic nitrogens is 3. The average Bonchev–Trinajstić information content (AvgIpc) is 3.24. The lowest BCUT2D eigenvalue weighted by Crippen LogP contribution is -2.27. The van der Waals surface area contributed by atoms with Crippen LogP contribution in [0.25, 0.3) is 11.4 Å². The lowest BCUT2D eigenvalue weighted by atomic mass is 10.1. The minimum Gasteiger partial charge on any atom is -0.475 e. The van der Waals surface area contributed by atoms with E-state index in [1.54, 1.807) is 13.3 Å². The normalized spacial score (nSPS) is 18.2. The molecule has 136 valence electrons. The Labute approximate surface area is 148 Å². The van der Waals surface area contributed by atoms with E-state index in [1.165, 1.54) is 6.42 Å². The van der Waals surface area contributed by atoms with Crippen molar-refractivity contribution in [2.45, 2.75) is 32.7 Å². The molecule has 1 aliphatic heterocycles. The van der Waals surface area contributed by atoms with Gasteiger partial charge in [-0.15, -0.1) is 0 Å². The van der Waals surface area contributed by atoms with Crippen LogP contribution >= 0.6 is 0 Å². The van der Waals surface area contributed by atoms with Crippen molar-refractivity contribution in [3.8, 4) is 17.3 Å². The maximum atomic E-state index is 5.57. The largest absolute Gasteiger partial charge is 0.475 e. The topological polar surface area (TPSA) is 73.5 Å². The van der Waals surface area contributed by atoms with Crippen LogP contribution in [0.1, 0.15) is 38.6 Å². The Bertz CT molecular complexity index is 674.